The van der Waals surface area contributed by atoms with Gasteiger partial charge in [0.15, 0.2) is 0 Å². The molecule has 0 saturated carbocycles. The fourth-order valence-electron chi connectivity index (χ4n) is 1.37. The maximum Gasteiger partial charge on any atom is 0.211 e. The lowest BCUT2D eigenvalue weighted by atomic mass is 10.1. The largest absolute Gasteiger partial charge is 0.369 e. The zero-order valence-electron chi connectivity index (χ0n) is 8.84. The molecule has 6 heteroatoms. The summed E-state index contributed by atoms with van der Waals surface area (Å²) in [6.45, 7) is 0. The summed E-state index contributed by atoms with van der Waals surface area (Å²) in [6, 6.07) is 6.58. The van der Waals surface area contributed by atoms with Crippen molar-refractivity contribution in [2.75, 3.05) is 0 Å². The summed E-state index contributed by atoms with van der Waals surface area (Å²) < 4.78 is 13.6. The van der Waals surface area contributed by atoms with Gasteiger partial charge in [-0.2, -0.15) is 5.10 Å². The molecule has 0 aliphatic carbocycles. The van der Waals surface area contributed by atoms with Crippen molar-refractivity contribution >= 4 is 23.1 Å². The molecule has 0 amide bonds. The normalized spacial score (nSPS) is 10.9. The van der Waals surface area contributed by atoms with Gasteiger partial charge in [-0.1, -0.05) is 6.07 Å². The van der Waals surface area contributed by atoms with Gasteiger partial charge in [0.05, 0.1) is 11.7 Å². The fourth-order valence-corrected chi connectivity index (χ4v) is 1.37. The number of halogens is 1. The molecular weight excluding hydrogens is 221 g/mol. The highest BCUT2D eigenvalue weighted by Gasteiger charge is 2.02. The third-order valence-corrected chi connectivity index (χ3v) is 2.09. The van der Waals surface area contributed by atoms with Crippen LogP contribution in [0.2, 0.25) is 0 Å². The van der Waals surface area contributed by atoms with Gasteiger partial charge in [-0.05, 0) is 12.1 Å². The van der Waals surface area contributed by atoms with Crippen molar-refractivity contribution in [1.82, 2.24) is 4.98 Å². The monoisotopic (exact) mass is 231 g/mol. The smallest absolute Gasteiger partial charge is 0.211 e. The maximum absolute atomic E-state index is 13.6. The Bertz CT molecular complexity index is 602. The van der Waals surface area contributed by atoms with Crippen molar-refractivity contribution in [2.45, 2.75) is 0 Å². The summed E-state index contributed by atoms with van der Waals surface area (Å²) in [6.07, 6.45) is 2.86. The number of pyridine rings is 1. The molecule has 0 aliphatic rings. The minimum Gasteiger partial charge on any atom is -0.369 e. The van der Waals surface area contributed by atoms with Gasteiger partial charge in [0.2, 0.25) is 5.96 Å². The van der Waals surface area contributed by atoms with Crippen molar-refractivity contribution in [3.63, 3.8) is 0 Å². The van der Waals surface area contributed by atoms with Crippen molar-refractivity contribution in [3.05, 3.63) is 41.8 Å². The third-order valence-electron chi connectivity index (χ3n) is 2.09. The Morgan fingerprint density at radius 2 is 2.18 bits per heavy atom. The van der Waals surface area contributed by atoms with E-state index in [1.165, 1.54) is 12.3 Å². The first-order valence-electron chi connectivity index (χ1n) is 4.83. The van der Waals surface area contributed by atoms with E-state index in [2.05, 4.69) is 15.2 Å². The number of hydrogen-bond donors (Lipinski definition) is 2. The standard InChI is InChI=1S/C11H10FN5/c12-9-5-10-7(2-1-3-15-10)4-8(9)6-16-17-11(13)14/h1-6H,(H4,13,14,17). The van der Waals surface area contributed by atoms with Crippen LogP contribution < -0.4 is 11.5 Å². The summed E-state index contributed by atoms with van der Waals surface area (Å²) >= 11 is 0. The minimum atomic E-state index is -0.425. The molecule has 2 rings (SSSR count). The molecule has 86 valence electrons. The number of nitrogens with two attached hydrogens (primary N) is 2. The van der Waals surface area contributed by atoms with E-state index in [9.17, 15) is 4.39 Å². The van der Waals surface area contributed by atoms with Gasteiger partial charge < -0.3 is 11.5 Å². The molecule has 4 N–H and O–H groups in total. The van der Waals surface area contributed by atoms with Crippen molar-refractivity contribution in [3.8, 4) is 0 Å². The van der Waals surface area contributed by atoms with Crippen LogP contribution in [0.1, 0.15) is 5.56 Å². The first-order valence-corrected chi connectivity index (χ1v) is 4.83. The van der Waals surface area contributed by atoms with E-state index in [0.29, 0.717) is 11.1 Å². The van der Waals surface area contributed by atoms with E-state index in [1.807, 2.05) is 6.07 Å². The van der Waals surface area contributed by atoms with Gasteiger partial charge in [0.1, 0.15) is 5.82 Å². The van der Waals surface area contributed by atoms with E-state index < -0.39 is 5.82 Å². The zero-order valence-corrected chi connectivity index (χ0v) is 8.84. The lowest BCUT2D eigenvalue weighted by Crippen LogP contribution is -2.21. The molecule has 17 heavy (non-hydrogen) atoms. The van der Waals surface area contributed by atoms with E-state index in [0.717, 1.165) is 5.39 Å². The van der Waals surface area contributed by atoms with E-state index in [-0.39, 0.29) is 5.96 Å². The molecule has 0 saturated heterocycles. The highest BCUT2D eigenvalue weighted by molar-refractivity contribution is 5.89. The van der Waals surface area contributed by atoms with Gasteiger partial charge in [0, 0.05) is 23.2 Å². The van der Waals surface area contributed by atoms with Crippen LogP contribution in [0.4, 0.5) is 4.39 Å². The first-order chi connectivity index (χ1) is 8.16. The van der Waals surface area contributed by atoms with E-state index >= 15 is 0 Å². The summed E-state index contributed by atoms with van der Waals surface area (Å²) in [5.74, 6) is -0.602. The van der Waals surface area contributed by atoms with Gasteiger partial charge >= 0.3 is 0 Å². The molecule has 1 aromatic heterocycles. The van der Waals surface area contributed by atoms with E-state index in [4.69, 9.17) is 11.5 Å². The molecular formula is C11H10FN5. The molecule has 0 radical (unpaired) electrons. The van der Waals surface area contributed by atoms with Crippen molar-refractivity contribution < 1.29 is 4.39 Å². The summed E-state index contributed by atoms with van der Waals surface area (Å²) in [5.41, 5.74) is 11.1. The predicted molar refractivity (Wildman–Crippen MR) is 65.1 cm³/mol. The molecule has 0 bridgehead atoms. The second-order valence-electron chi connectivity index (χ2n) is 3.34. The second-order valence-corrected chi connectivity index (χ2v) is 3.34. The van der Waals surface area contributed by atoms with Crippen LogP contribution in [0.15, 0.2) is 40.7 Å². The van der Waals surface area contributed by atoms with Crippen molar-refractivity contribution in [1.29, 1.82) is 0 Å². The summed E-state index contributed by atoms with van der Waals surface area (Å²) in [4.78, 5) is 4.04. The Morgan fingerprint density at radius 3 is 2.94 bits per heavy atom. The molecule has 0 fully saturated rings. The third kappa shape index (κ3) is 2.54. The number of guanidine groups is 1. The first kappa shape index (κ1) is 11.0. The molecule has 0 aliphatic heterocycles. The lowest BCUT2D eigenvalue weighted by molar-refractivity contribution is 0.627. The van der Waals surface area contributed by atoms with Crippen LogP contribution in [0.5, 0.6) is 0 Å². The number of fused-ring (bicyclic) bond motifs is 1. The molecule has 1 aromatic carbocycles. The second kappa shape index (κ2) is 4.56. The van der Waals surface area contributed by atoms with Crippen LogP contribution >= 0.6 is 0 Å². The molecule has 2 aromatic rings. The Labute approximate surface area is 96.7 Å². The lowest BCUT2D eigenvalue weighted by Gasteiger charge is -1.99. The molecule has 0 unspecified atom stereocenters. The number of nitrogens with zero attached hydrogens (tertiary/aromatic N) is 3. The zero-order chi connectivity index (χ0) is 12.3. The number of aromatic nitrogens is 1. The minimum absolute atomic E-state index is 0.177. The quantitative estimate of drug-likeness (QED) is 0.458. The van der Waals surface area contributed by atoms with Gasteiger partial charge in [0.25, 0.3) is 0 Å². The van der Waals surface area contributed by atoms with Crippen LogP contribution in [-0.4, -0.2) is 17.2 Å². The van der Waals surface area contributed by atoms with Gasteiger partial charge in [-0.3, -0.25) is 4.98 Å². The Hall–Kier alpha value is -2.50. The predicted octanol–water partition coefficient (Wildman–Crippen LogP) is 0.981. The Morgan fingerprint density at radius 1 is 1.35 bits per heavy atom. The number of benzene rings is 1. The molecule has 5 nitrogen and oxygen atoms in total. The number of hydrogen-bond acceptors (Lipinski definition) is 3. The highest BCUT2D eigenvalue weighted by Crippen LogP contribution is 2.15. The molecule has 1 heterocycles. The van der Waals surface area contributed by atoms with E-state index in [1.54, 1.807) is 18.3 Å². The highest BCUT2D eigenvalue weighted by atomic mass is 19.1. The fraction of sp³-hybridized carbons (Fsp3) is 0. The number of rotatable bonds is 2. The van der Waals surface area contributed by atoms with Gasteiger partial charge in [-0.15, -0.1) is 5.10 Å². The van der Waals surface area contributed by atoms with Crippen LogP contribution in [0.3, 0.4) is 0 Å². The topological polar surface area (TPSA) is 89.7 Å². The van der Waals surface area contributed by atoms with Gasteiger partial charge in [-0.25, -0.2) is 4.39 Å². The molecule has 0 atom stereocenters. The Balaban J connectivity index is 2.44. The van der Waals surface area contributed by atoms with Crippen molar-refractivity contribution in [2.24, 2.45) is 21.7 Å². The van der Waals surface area contributed by atoms with Crippen LogP contribution in [-0.2, 0) is 0 Å². The van der Waals surface area contributed by atoms with Crippen LogP contribution in [0, 0.1) is 5.82 Å². The Kier molecular flexibility index (Phi) is 2.95. The summed E-state index contributed by atoms with van der Waals surface area (Å²) in [7, 11) is 0. The SMILES string of the molecule is NC(N)=NN=Cc1cc2cccnc2cc1F. The summed E-state index contributed by atoms with van der Waals surface area (Å²) in [5, 5.41) is 7.78. The maximum atomic E-state index is 13.6. The molecule has 0 spiro atoms. The average molecular weight is 231 g/mol. The average Bonchev–Trinajstić information content (AvgIpc) is 2.29. The van der Waals surface area contributed by atoms with Crippen LogP contribution in [0.25, 0.3) is 10.9 Å².